The van der Waals surface area contributed by atoms with Crippen LogP contribution in [0.4, 0.5) is 4.79 Å². The fraction of sp³-hybridized carbons (Fsp3) is 0.933. The predicted molar refractivity (Wildman–Crippen MR) is 75.9 cm³/mol. The summed E-state index contributed by atoms with van der Waals surface area (Å²) in [5, 5.41) is 12.5. The third kappa shape index (κ3) is 4.10. The number of rotatable bonds is 3. The van der Waals surface area contributed by atoms with E-state index in [-0.39, 0.29) is 12.6 Å². The Kier molecular flexibility index (Phi) is 5.49. The summed E-state index contributed by atoms with van der Waals surface area (Å²) in [6.07, 6.45) is 7.06. The Bertz CT molecular complexity index is 296. The molecule has 2 fully saturated rings. The molecule has 0 aromatic carbocycles. The van der Waals surface area contributed by atoms with Crippen molar-refractivity contribution in [1.82, 2.24) is 10.2 Å². The van der Waals surface area contributed by atoms with Gasteiger partial charge >= 0.3 is 6.03 Å². The van der Waals surface area contributed by atoms with E-state index in [1.807, 2.05) is 4.90 Å². The molecule has 0 radical (unpaired) electrons. The largest absolute Gasteiger partial charge is 0.396 e. The Morgan fingerprint density at radius 1 is 1.21 bits per heavy atom. The fourth-order valence-corrected chi connectivity index (χ4v) is 3.50. The van der Waals surface area contributed by atoms with Gasteiger partial charge in [0, 0.05) is 26.2 Å². The van der Waals surface area contributed by atoms with Gasteiger partial charge in [0.05, 0.1) is 0 Å². The van der Waals surface area contributed by atoms with Gasteiger partial charge in [0.2, 0.25) is 0 Å². The average molecular weight is 268 g/mol. The van der Waals surface area contributed by atoms with Crippen LogP contribution in [0.2, 0.25) is 0 Å². The van der Waals surface area contributed by atoms with Crippen LogP contribution in [0.1, 0.15) is 45.4 Å². The molecule has 1 saturated carbocycles. The Morgan fingerprint density at radius 2 is 1.95 bits per heavy atom. The van der Waals surface area contributed by atoms with E-state index in [0.717, 1.165) is 38.9 Å². The normalized spacial score (nSPS) is 32.1. The second-order valence-corrected chi connectivity index (χ2v) is 6.37. The van der Waals surface area contributed by atoms with Crippen LogP contribution in [0.25, 0.3) is 0 Å². The molecule has 1 aliphatic carbocycles. The highest BCUT2D eigenvalue weighted by atomic mass is 16.3. The summed E-state index contributed by atoms with van der Waals surface area (Å²) in [5.74, 6) is 1.47. The number of aliphatic hydroxyl groups excluding tert-OH is 1. The number of nitrogens with zero attached hydrogens (tertiary/aromatic N) is 1. The van der Waals surface area contributed by atoms with Crippen molar-refractivity contribution >= 4 is 6.03 Å². The van der Waals surface area contributed by atoms with Crippen molar-refractivity contribution in [3.05, 3.63) is 0 Å². The number of likely N-dealkylation sites (tertiary alicyclic amines) is 1. The highest BCUT2D eigenvalue weighted by Gasteiger charge is 2.26. The van der Waals surface area contributed by atoms with Gasteiger partial charge in [-0.3, -0.25) is 0 Å². The zero-order chi connectivity index (χ0) is 13.7. The minimum absolute atomic E-state index is 0.0915. The summed E-state index contributed by atoms with van der Waals surface area (Å²) < 4.78 is 0. The van der Waals surface area contributed by atoms with E-state index < -0.39 is 0 Å². The molecule has 0 aromatic rings. The molecule has 2 N–H and O–H groups in total. The first kappa shape index (κ1) is 14.6. The lowest BCUT2D eigenvalue weighted by Crippen LogP contribution is -2.47. The maximum Gasteiger partial charge on any atom is 0.317 e. The number of carbonyl (C=O) groups is 1. The molecule has 1 saturated heterocycles. The Labute approximate surface area is 116 Å². The van der Waals surface area contributed by atoms with Crippen LogP contribution in [0, 0.1) is 17.8 Å². The third-order valence-electron chi connectivity index (χ3n) is 4.76. The lowest BCUT2D eigenvalue weighted by atomic mass is 9.80. The van der Waals surface area contributed by atoms with Crippen LogP contribution in [0.15, 0.2) is 0 Å². The van der Waals surface area contributed by atoms with Crippen molar-refractivity contribution in [2.45, 2.75) is 45.4 Å². The van der Waals surface area contributed by atoms with Crippen molar-refractivity contribution < 1.29 is 9.90 Å². The van der Waals surface area contributed by atoms with Gasteiger partial charge in [-0.05, 0) is 43.4 Å². The molecule has 19 heavy (non-hydrogen) atoms. The molecule has 0 bridgehead atoms. The molecule has 4 heteroatoms. The van der Waals surface area contributed by atoms with Gasteiger partial charge in [-0.15, -0.1) is 0 Å². The van der Waals surface area contributed by atoms with Gasteiger partial charge in [-0.1, -0.05) is 19.8 Å². The molecule has 3 unspecified atom stereocenters. The number of carbonyl (C=O) groups excluding carboxylic acids is 1. The van der Waals surface area contributed by atoms with Crippen LogP contribution < -0.4 is 5.32 Å². The van der Waals surface area contributed by atoms with Gasteiger partial charge in [0.25, 0.3) is 0 Å². The quantitative estimate of drug-likeness (QED) is 0.824. The number of hydrogen-bond acceptors (Lipinski definition) is 2. The Morgan fingerprint density at radius 3 is 2.63 bits per heavy atom. The van der Waals surface area contributed by atoms with E-state index in [1.165, 1.54) is 19.3 Å². The first-order valence-corrected chi connectivity index (χ1v) is 7.84. The first-order chi connectivity index (χ1) is 9.20. The van der Waals surface area contributed by atoms with Crippen molar-refractivity contribution in [2.24, 2.45) is 17.8 Å². The Balaban J connectivity index is 1.75. The topological polar surface area (TPSA) is 52.6 Å². The fourth-order valence-electron chi connectivity index (χ4n) is 3.50. The number of hydrogen-bond donors (Lipinski definition) is 2. The zero-order valence-electron chi connectivity index (χ0n) is 12.1. The summed E-state index contributed by atoms with van der Waals surface area (Å²) in [5.41, 5.74) is 0. The standard InChI is InChI=1S/C15H28N2O2/c1-12-5-4-8-17(10-12)15(19)16-9-13-6-2-3-7-14(13)11-18/h12-14,18H,2-11H2,1H3,(H,16,19). The maximum atomic E-state index is 12.1. The van der Waals surface area contributed by atoms with Gasteiger partial charge < -0.3 is 15.3 Å². The molecule has 2 aliphatic rings. The third-order valence-corrected chi connectivity index (χ3v) is 4.76. The van der Waals surface area contributed by atoms with Crippen molar-refractivity contribution in [1.29, 1.82) is 0 Å². The van der Waals surface area contributed by atoms with Crippen LogP contribution >= 0.6 is 0 Å². The molecule has 110 valence electrons. The molecule has 1 heterocycles. The zero-order valence-corrected chi connectivity index (χ0v) is 12.1. The molecule has 0 spiro atoms. The number of urea groups is 1. The summed E-state index contributed by atoms with van der Waals surface area (Å²) in [6, 6.07) is 0.0915. The van der Waals surface area contributed by atoms with Crippen molar-refractivity contribution in [3.8, 4) is 0 Å². The average Bonchev–Trinajstić information content (AvgIpc) is 2.45. The number of amides is 2. The number of aliphatic hydroxyl groups is 1. The summed E-state index contributed by atoms with van der Waals surface area (Å²) in [7, 11) is 0. The van der Waals surface area contributed by atoms with Gasteiger partial charge in [0.1, 0.15) is 0 Å². The molecule has 2 amide bonds. The molecule has 2 rings (SSSR count). The first-order valence-electron chi connectivity index (χ1n) is 7.84. The Hall–Kier alpha value is -0.770. The van der Waals surface area contributed by atoms with Crippen LogP contribution in [-0.4, -0.2) is 42.3 Å². The van der Waals surface area contributed by atoms with E-state index in [9.17, 15) is 9.90 Å². The molecule has 1 aliphatic heterocycles. The second-order valence-electron chi connectivity index (χ2n) is 6.37. The highest BCUT2D eigenvalue weighted by molar-refractivity contribution is 5.74. The van der Waals surface area contributed by atoms with Gasteiger partial charge in [0.15, 0.2) is 0 Å². The second kappa shape index (κ2) is 7.13. The van der Waals surface area contributed by atoms with Crippen LogP contribution in [-0.2, 0) is 0 Å². The van der Waals surface area contributed by atoms with Crippen LogP contribution in [0.5, 0.6) is 0 Å². The molecular formula is C15H28N2O2. The summed E-state index contributed by atoms with van der Waals surface area (Å²) in [4.78, 5) is 14.1. The summed E-state index contributed by atoms with van der Waals surface area (Å²) in [6.45, 7) is 4.99. The van der Waals surface area contributed by atoms with E-state index in [1.54, 1.807) is 0 Å². The van der Waals surface area contributed by atoms with E-state index in [0.29, 0.717) is 17.8 Å². The van der Waals surface area contributed by atoms with Crippen molar-refractivity contribution in [3.63, 3.8) is 0 Å². The van der Waals surface area contributed by atoms with Crippen molar-refractivity contribution in [2.75, 3.05) is 26.2 Å². The summed E-state index contributed by atoms with van der Waals surface area (Å²) >= 11 is 0. The van der Waals surface area contributed by atoms with E-state index >= 15 is 0 Å². The number of piperidine rings is 1. The molecular weight excluding hydrogens is 240 g/mol. The molecule has 4 nitrogen and oxygen atoms in total. The highest BCUT2D eigenvalue weighted by Crippen LogP contribution is 2.29. The molecule has 3 atom stereocenters. The van der Waals surface area contributed by atoms with Gasteiger partial charge in [-0.25, -0.2) is 4.79 Å². The van der Waals surface area contributed by atoms with E-state index in [2.05, 4.69) is 12.2 Å². The maximum absolute atomic E-state index is 12.1. The lowest BCUT2D eigenvalue weighted by Gasteiger charge is -2.33. The lowest BCUT2D eigenvalue weighted by molar-refractivity contribution is 0.128. The van der Waals surface area contributed by atoms with Gasteiger partial charge in [-0.2, -0.15) is 0 Å². The SMILES string of the molecule is CC1CCCN(C(=O)NCC2CCCCC2CO)C1. The minimum Gasteiger partial charge on any atom is -0.396 e. The van der Waals surface area contributed by atoms with Crippen LogP contribution in [0.3, 0.4) is 0 Å². The smallest absolute Gasteiger partial charge is 0.317 e. The minimum atomic E-state index is 0.0915. The monoisotopic (exact) mass is 268 g/mol. The molecule has 0 aromatic heterocycles. The number of nitrogens with one attached hydrogen (secondary N) is 1. The van der Waals surface area contributed by atoms with E-state index in [4.69, 9.17) is 0 Å². The predicted octanol–water partition coefficient (Wildman–Crippen LogP) is 2.23.